The van der Waals surface area contributed by atoms with Crippen molar-refractivity contribution in [1.29, 1.82) is 0 Å². The van der Waals surface area contributed by atoms with E-state index < -0.39 is 5.82 Å². The summed E-state index contributed by atoms with van der Waals surface area (Å²) in [6.07, 6.45) is -0.216. The average Bonchev–Trinajstić information content (AvgIpc) is 2.86. The van der Waals surface area contributed by atoms with Crippen LogP contribution in [0.5, 0.6) is 0 Å². The first-order valence-corrected chi connectivity index (χ1v) is 7.53. The minimum absolute atomic E-state index is 0.0911. The van der Waals surface area contributed by atoms with Crippen LogP contribution in [0.15, 0.2) is 30.3 Å². The molecule has 0 aliphatic carbocycles. The lowest BCUT2D eigenvalue weighted by atomic mass is 10.2. The van der Waals surface area contributed by atoms with Crippen molar-refractivity contribution in [1.82, 2.24) is 5.32 Å². The third-order valence-electron chi connectivity index (χ3n) is 2.99. The van der Waals surface area contributed by atoms with Crippen LogP contribution in [0.4, 0.5) is 4.39 Å². The maximum Gasteiger partial charge on any atom is 0.252 e. The molecule has 0 bridgehead atoms. The zero-order valence-electron chi connectivity index (χ0n) is 11.7. The largest absolute Gasteiger partial charge is 0.374 e. The number of thiophene rings is 1. The van der Waals surface area contributed by atoms with Crippen molar-refractivity contribution in [2.75, 3.05) is 13.7 Å². The smallest absolute Gasteiger partial charge is 0.252 e. The lowest BCUT2D eigenvalue weighted by Crippen LogP contribution is -2.29. The summed E-state index contributed by atoms with van der Waals surface area (Å²) in [5.74, 6) is -0.823. The average molecular weight is 328 g/mol. The highest BCUT2D eigenvalue weighted by Gasteiger charge is 2.16. The normalized spacial score (nSPS) is 12.2. The topological polar surface area (TPSA) is 38.3 Å². The van der Waals surface area contributed by atoms with Crippen LogP contribution in [0.3, 0.4) is 0 Å². The number of methoxy groups -OCH3 is 1. The minimum Gasteiger partial charge on any atom is -0.374 e. The molecule has 0 aliphatic rings. The summed E-state index contributed by atoms with van der Waals surface area (Å²) in [6, 6.07) is 7.67. The van der Waals surface area contributed by atoms with Crippen molar-refractivity contribution >= 4 is 28.8 Å². The van der Waals surface area contributed by atoms with Gasteiger partial charge in [0.1, 0.15) is 11.9 Å². The standard InChI is InChI=1S/C15H15ClFNO2S/c1-9-3-6-14(21-9)13(20-2)8-18-15(19)11-5-4-10(17)7-12(11)16/h3-7,13H,8H2,1-2H3,(H,18,19)/t13-/m1/s1. The van der Waals surface area contributed by atoms with Crippen LogP contribution in [-0.2, 0) is 4.74 Å². The van der Waals surface area contributed by atoms with Gasteiger partial charge in [-0.1, -0.05) is 11.6 Å². The van der Waals surface area contributed by atoms with E-state index in [2.05, 4.69) is 5.32 Å². The first-order chi connectivity index (χ1) is 10.0. The Bertz CT molecular complexity index is 644. The second-order valence-electron chi connectivity index (χ2n) is 4.51. The van der Waals surface area contributed by atoms with E-state index in [1.54, 1.807) is 18.4 Å². The van der Waals surface area contributed by atoms with Gasteiger partial charge in [0.05, 0.1) is 10.6 Å². The van der Waals surface area contributed by atoms with E-state index in [9.17, 15) is 9.18 Å². The fourth-order valence-electron chi connectivity index (χ4n) is 1.88. The van der Waals surface area contributed by atoms with Crippen molar-refractivity contribution in [2.45, 2.75) is 13.0 Å². The minimum atomic E-state index is -0.472. The summed E-state index contributed by atoms with van der Waals surface area (Å²) in [4.78, 5) is 14.3. The van der Waals surface area contributed by atoms with Crippen molar-refractivity contribution < 1.29 is 13.9 Å². The van der Waals surface area contributed by atoms with E-state index in [0.717, 1.165) is 10.9 Å². The van der Waals surface area contributed by atoms with E-state index in [0.29, 0.717) is 6.54 Å². The Morgan fingerprint density at radius 1 is 1.43 bits per heavy atom. The zero-order valence-corrected chi connectivity index (χ0v) is 13.2. The molecular formula is C15H15ClFNO2S. The number of amides is 1. The molecule has 6 heteroatoms. The summed E-state index contributed by atoms with van der Waals surface area (Å²) >= 11 is 7.48. The number of halogens is 2. The fourth-order valence-corrected chi connectivity index (χ4v) is 3.09. The van der Waals surface area contributed by atoms with Crippen LogP contribution in [0.2, 0.25) is 5.02 Å². The van der Waals surface area contributed by atoms with E-state index in [1.165, 1.54) is 17.0 Å². The molecule has 0 saturated carbocycles. The highest BCUT2D eigenvalue weighted by molar-refractivity contribution is 7.12. The van der Waals surface area contributed by atoms with Crippen LogP contribution in [-0.4, -0.2) is 19.6 Å². The van der Waals surface area contributed by atoms with Crippen LogP contribution >= 0.6 is 22.9 Å². The van der Waals surface area contributed by atoms with Gasteiger partial charge in [0.25, 0.3) is 5.91 Å². The van der Waals surface area contributed by atoms with Crippen LogP contribution in [0, 0.1) is 12.7 Å². The van der Waals surface area contributed by atoms with E-state index in [4.69, 9.17) is 16.3 Å². The lowest BCUT2D eigenvalue weighted by Gasteiger charge is -2.15. The third kappa shape index (κ3) is 4.03. The van der Waals surface area contributed by atoms with E-state index in [-0.39, 0.29) is 22.6 Å². The molecule has 2 aromatic rings. The molecule has 0 radical (unpaired) electrons. The Morgan fingerprint density at radius 2 is 2.19 bits per heavy atom. The number of carbonyl (C=O) groups excluding carboxylic acids is 1. The molecule has 3 nitrogen and oxygen atoms in total. The van der Waals surface area contributed by atoms with Gasteiger partial charge >= 0.3 is 0 Å². The Labute approximate surface area is 131 Å². The van der Waals surface area contributed by atoms with Crippen molar-refractivity contribution in [3.8, 4) is 0 Å². The van der Waals surface area contributed by atoms with E-state index >= 15 is 0 Å². The highest BCUT2D eigenvalue weighted by Crippen LogP contribution is 2.25. The second kappa shape index (κ2) is 7.02. The second-order valence-corrected chi connectivity index (χ2v) is 6.23. The summed E-state index contributed by atoms with van der Waals surface area (Å²) in [7, 11) is 1.59. The summed E-state index contributed by atoms with van der Waals surface area (Å²) in [6.45, 7) is 2.33. The number of rotatable bonds is 5. The molecule has 0 aliphatic heterocycles. The molecule has 2 rings (SSSR count). The van der Waals surface area contributed by atoms with Crippen LogP contribution in [0.1, 0.15) is 26.2 Å². The molecule has 0 unspecified atom stereocenters. The van der Waals surface area contributed by atoms with Gasteiger partial charge in [0, 0.05) is 23.4 Å². The Kier molecular flexibility index (Phi) is 5.33. The number of aryl methyl sites for hydroxylation is 1. The quantitative estimate of drug-likeness (QED) is 0.902. The molecule has 1 aromatic heterocycles. The van der Waals surface area contributed by atoms with Gasteiger partial charge in [0.2, 0.25) is 0 Å². The summed E-state index contributed by atoms with van der Waals surface area (Å²) < 4.78 is 18.4. The van der Waals surface area contributed by atoms with Gasteiger partial charge in [-0.05, 0) is 37.3 Å². The molecule has 1 N–H and O–H groups in total. The number of benzene rings is 1. The molecule has 112 valence electrons. The third-order valence-corrected chi connectivity index (χ3v) is 4.39. The molecule has 1 amide bonds. The zero-order chi connectivity index (χ0) is 15.4. The molecule has 0 saturated heterocycles. The Balaban J connectivity index is 2.02. The molecular weight excluding hydrogens is 313 g/mol. The predicted molar refractivity (Wildman–Crippen MR) is 82.5 cm³/mol. The predicted octanol–water partition coefficient (Wildman–Crippen LogP) is 3.97. The van der Waals surface area contributed by atoms with E-state index in [1.807, 2.05) is 19.1 Å². The highest BCUT2D eigenvalue weighted by atomic mass is 35.5. The number of nitrogens with one attached hydrogen (secondary N) is 1. The number of hydrogen-bond acceptors (Lipinski definition) is 3. The molecule has 1 aromatic carbocycles. The first kappa shape index (κ1) is 15.9. The number of hydrogen-bond donors (Lipinski definition) is 1. The summed E-state index contributed by atoms with van der Waals surface area (Å²) in [5, 5.41) is 2.84. The molecule has 0 spiro atoms. The van der Waals surface area contributed by atoms with Gasteiger partial charge in [-0.2, -0.15) is 0 Å². The van der Waals surface area contributed by atoms with Crippen molar-refractivity contribution in [3.63, 3.8) is 0 Å². The lowest BCUT2D eigenvalue weighted by molar-refractivity contribution is 0.0838. The Hall–Kier alpha value is -1.43. The van der Waals surface area contributed by atoms with Crippen molar-refractivity contribution in [2.24, 2.45) is 0 Å². The fraction of sp³-hybridized carbons (Fsp3) is 0.267. The van der Waals surface area contributed by atoms with Crippen LogP contribution < -0.4 is 5.32 Å². The maximum atomic E-state index is 13.0. The molecule has 0 fully saturated rings. The summed E-state index contributed by atoms with van der Waals surface area (Å²) in [5.41, 5.74) is 0.246. The van der Waals surface area contributed by atoms with Gasteiger partial charge in [-0.15, -0.1) is 11.3 Å². The SMILES string of the molecule is CO[C@H](CNC(=O)c1ccc(F)cc1Cl)c1ccc(C)s1. The first-order valence-electron chi connectivity index (χ1n) is 6.33. The van der Waals surface area contributed by atoms with Gasteiger partial charge in [-0.25, -0.2) is 4.39 Å². The Morgan fingerprint density at radius 3 is 2.76 bits per heavy atom. The maximum absolute atomic E-state index is 13.0. The molecule has 21 heavy (non-hydrogen) atoms. The van der Waals surface area contributed by atoms with Gasteiger partial charge in [-0.3, -0.25) is 4.79 Å². The number of ether oxygens (including phenoxy) is 1. The number of carbonyl (C=O) groups is 1. The monoisotopic (exact) mass is 327 g/mol. The van der Waals surface area contributed by atoms with Gasteiger partial charge in [0.15, 0.2) is 0 Å². The van der Waals surface area contributed by atoms with Crippen LogP contribution in [0.25, 0.3) is 0 Å². The molecule has 1 heterocycles. The van der Waals surface area contributed by atoms with Crippen molar-refractivity contribution in [3.05, 3.63) is 56.5 Å². The van der Waals surface area contributed by atoms with Gasteiger partial charge < -0.3 is 10.1 Å². The molecule has 1 atom stereocenters.